The Morgan fingerprint density at radius 1 is 1.00 bits per heavy atom. The van der Waals surface area contributed by atoms with Gasteiger partial charge in [-0.05, 0) is 37.8 Å². The molecule has 23 heavy (non-hydrogen) atoms. The highest BCUT2D eigenvalue weighted by Gasteiger charge is 2.08. The van der Waals surface area contributed by atoms with Crippen molar-refractivity contribution in [3.05, 3.63) is 35.9 Å². The van der Waals surface area contributed by atoms with E-state index in [1.54, 1.807) is 12.1 Å². The third-order valence-corrected chi connectivity index (χ3v) is 3.73. The molecule has 0 bridgehead atoms. The first-order chi connectivity index (χ1) is 11.0. The van der Waals surface area contributed by atoms with Gasteiger partial charge in [-0.2, -0.15) is 0 Å². The molecule has 1 rings (SSSR count). The molecule has 0 fully saturated rings. The van der Waals surface area contributed by atoms with Crippen LogP contribution in [0, 0.1) is 5.92 Å². The molecular formula is C19H30N2O2. The molecule has 2 amide bonds. The summed E-state index contributed by atoms with van der Waals surface area (Å²) in [5.41, 5.74) is 0.649. The molecule has 0 spiro atoms. The second-order valence-electron chi connectivity index (χ2n) is 6.52. The summed E-state index contributed by atoms with van der Waals surface area (Å²) in [6.07, 6.45) is 4.47. The molecule has 0 aromatic heterocycles. The summed E-state index contributed by atoms with van der Waals surface area (Å²) in [6, 6.07) is 9.33. The fourth-order valence-corrected chi connectivity index (χ4v) is 2.39. The van der Waals surface area contributed by atoms with Gasteiger partial charge in [0.2, 0.25) is 5.91 Å². The summed E-state index contributed by atoms with van der Waals surface area (Å²) in [6.45, 7) is 7.00. The minimum atomic E-state index is -0.0898. The van der Waals surface area contributed by atoms with Gasteiger partial charge in [-0.1, -0.05) is 44.9 Å². The number of carbonyl (C=O) groups excluding carboxylic acids is 2. The minimum absolute atomic E-state index is 0.0657. The Morgan fingerprint density at radius 3 is 2.35 bits per heavy atom. The molecule has 0 radical (unpaired) electrons. The van der Waals surface area contributed by atoms with Crippen LogP contribution in [-0.2, 0) is 4.79 Å². The smallest absolute Gasteiger partial charge is 0.251 e. The maximum atomic E-state index is 11.8. The van der Waals surface area contributed by atoms with Crippen LogP contribution in [0.4, 0.5) is 0 Å². The first kappa shape index (κ1) is 19.2. The number of hydrogen-bond acceptors (Lipinski definition) is 2. The van der Waals surface area contributed by atoms with Gasteiger partial charge in [0.1, 0.15) is 0 Å². The Balaban J connectivity index is 2.11. The van der Waals surface area contributed by atoms with Crippen LogP contribution in [0.5, 0.6) is 0 Å². The summed E-state index contributed by atoms with van der Waals surface area (Å²) >= 11 is 0. The summed E-state index contributed by atoms with van der Waals surface area (Å²) in [5.74, 6) is 0.690. The standard InChI is InChI=1S/C19H30N2O2/c1-15(2)9-7-10-16(3)21-18(22)13-8-14-20-19(23)17-11-5-4-6-12-17/h4-6,11-12,15-16H,7-10,13-14H2,1-3H3,(H,20,23)(H,21,22). The first-order valence-corrected chi connectivity index (χ1v) is 8.61. The van der Waals surface area contributed by atoms with Crippen LogP contribution >= 0.6 is 0 Å². The van der Waals surface area contributed by atoms with E-state index in [1.165, 1.54) is 6.42 Å². The fraction of sp³-hybridized carbons (Fsp3) is 0.579. The fourth-order valence-electron chi connectivity index (χ4n) is 2.39. The molecule has 1 atom stereocenters. The maximum Gasteiger partial charge on any atom is 0.251 e. The highest BCUT2D eigenvalue weighted by molar-refractivity contribution is 5.94. The van der Waals surface area contributed by atoms with Gasteiger partial charge in [0.25, 0.3) is 5.91 Å². The number of benzene rings is 1. The normalized spacial score (nSPS) is 12.0. The first-order valence-electron chi connectivity index (χ1n) is 8.61. The van der Waals surface area contributed by atoms with Gasteiger partial charge in [-0.3, -0.25) is 9.59 Å². The van der Waals surface area contributed by atoms with Crippen LogP contribution in [0.15, 0.2) is 30.3 Å². The van der Waals surface area contributed by atoms with E-state index in [-0.39, 0.29) is 17.9 Å². The molecule has 4 nitrogen and oxygen atoms in total. The van der Waals surface area contributed by atoms with Crippen LogP contribution in [0.2, 0.25) is 0 Å². The van der Waals surface area contributed by atoms with Crippen molar-refractivity contribution in [1.82, 2.24) is 10.6 Å². The molecule has 1 aromatic rings. The topological polar surface area (TPSA) is 58.2 Å². The van der Waals surface area contributed by atoms with E-state index < -0.39 is 0 Å². The van der Waals surface area contributed by atoms with E-state index in [0.29, 0.717) is 30.9 Å². The van der Waals surface area contributed by atoms with Crippen molar-refractivity contribution in [1.29, 1.82) is 0 Å². The van der Waals surface area contributed by atoms with Gasteiger partial charge in [-0.25, -0.2) is 0 Å². The van der Waals surface area contributed by atoms with Crippen molar-refractivity contribution in [2.75, 3.05) is 6.54 Å². The SMILES string of the molecule is CC(C)CCCC(C)NC(=O)CCCNC(=O)c1ccccc1. The van der Waals surface area contributed by atoms with Crippen LogP contribution < -0.4 is 10.6 Å². The number of amides is 2. The Kier molecular flexibility index (Phi) is 9.03. The average molecular weight is 318 g/mol. The van der Waals surface area contributed by atoms with Crippen molar-refractivity contribution >= 4 is 11.8 Å². The Bertz CT molecular complexity index is 472. The largest absolute Gasteiger partial charge is 0.354 e. The highest BCUT2D eigenvalue weighted by atomic mass is 16.2. The van der Waals surface area contributed by atoms with E-state index >= 15 is 0 Å². The zero-order chi connectivity index (χ0) is 17.1. The van der Waals surface area contributed by atoms with Gasteiger partial charge in [0.05, 0.1) is 0 Å². The zero-order valence-corrected chi connectivity index (χ0v) is 14.6. The molecule has 0 heterocycles. The van der Waals surface area contributed by atoms with Crippen molar-refractivity contribution in [2.45, 2.75) is 58.9 Å². The van der Waals surface area contributed by atoms with Crippen molar-refractivity contribution < 1.29 is 9.59 Å². The molecule has 0 saturated carbocycles. The van der Waals surface area contributed by atoms with E-state index in [4.69, 9.17) is 0 Å². The zero-order valence-electron chi connectivity index (χ0n) is 14.6. The second-order valence-corrected chi connectivity index (χ2v) is 6.52. The summed E-state index contributed by atoms with van der Waals surface area (Å²) in [4.78, 5) is 23.7. The third kappa shape index (κ3) is 9.01. The molecule has 128 valence electrons. The lowest BCUT2D eigenvalue weighted by Gasteiger charge is -2.14. The van der Waals surface area contributed by atoms with Crippen LogP contribution in [0.1, 0.15) is 63.2 Å². The molecule has 0 aliphatic heterocycles. The van der Waals surface area contributed by atoms with Gasteiger partial charge in [-0.15, -0.1) is 0 Å². The number of rotatable bonds is 10. The van der Waals surface area contributed by atoms with Crippen LogP contribution in [0.3, 0.4) is 0 Å². The molecule has 1 unspecified atom stereocenters. The van der Waals surface area contributed by atoms with Gasteiger partial charge in [0.15, 0.2) is 0 Å². The third-order valence-electron chi connectivity index (χ3n) is 3.73. The lowest BCUT2D eigenvalue weighted by atomic mass is 10.0. The predicted octanol–water partition coefficient (Wildman–Crippen LogP) is 3.53. The molecule has 4 heteroatoms. The minimum Gasteiger partial charge on any atom is -0.354 e. The molecule has 1 aromatic carbocycles. The predicted molar refractivity (Wildman–Crippen MR) is 94.3 cm³/mol. The average Bonchev–Trinajstić information content (AvgIpc) is 2.51. The van der Waals surface area contributed by atoms with Crippen molar-refractivity contribution in [3.63, 3.8) is 0 Å². The van der Waals surface area contributed by atoms with Crippen LogP contribution in [0.25, 0.3) is 0 Å². The van der Waals surface area contributed by atoms with E-state index in [1.807, 2.05) is 18.2 Å². The van der Waals surface area contributed by atoms with Gasteiger partial charge < -0.3 is 10.6 Å². The summed E-state index contributed by atoms with van der Waals surface area (Å²) in [7, 11) is 0. The number of carbonyl (C=O) groups is 2. The monoisotopic (exact) mass is 318 g/mol. The number of hydrogen-bond donors (Lipinski definition) is 2. The van der Waals surface area contributed by atoms with Gasteiger partial charge >= 0.3 is 0 Å². The summed E-state index contributed by atoms with van der Waals surface area (Å²) < 4.78 is 0. The van der Waals surface area contributed by atoms with Crippen molar-refractivity contribution in [3.8, 4) is 0 Å². The van der Waals surface area contributed by atoms with E-state index in [2.05, 4.69) is 31.4 Å². The quantitative estimate of drug-likeness (QED) is 0.648. The molecule has 0 saturated heterocycles. The Labute approximate surface area is 140 Å². The highest BCUT2D eigenvalue weighted by Crippen LogP contribution is 2.08. The van der Waals surface area contributed by atoms with E-state index in [9.17, 15) is 9.59 Å². The molecule has 0 aliphatic carbocycles. The van der Waals surface area contributed by atoms with Crippen molar-refractivity contribution in [2.24, 2.45) is 5.92 Å². The second kappa shape index (κ2) is 10.8. The molecular weight excluding hydrogens is 288 g/mol. The Morgan fingerprint density at radius 2 is 1.70 bits per heavy atom. The lowest BCUT2D eigenvalue weighted by Crippen LogP contribution is -2.33. The maximum absolute atomic E-state index is 11.8. The summed E-state index contributed by atoms with van der Waals surface area (Å²) in [5, 5.41) is 5.86. The van der Waals surface area contributed by atoms with Gasteiger partial charge in [0, 0.05) is 24.6 Å². The lowest BCUT2D eigenvalue weighted by molar-refractivity contribution is -0.121. The van der Waals surface area contributed by atoms with E-state index in [0.717, 1.165) is 12.8 Å². The Hall–Kier alpha value is -1.84. The molecule has 0 aliphatic rings. The van der Waals surface area contributed by atoms with Crippen LogP contribution in [-0.4, -0.2) is 24.4 Å². The molecule has 2 N–H and O–H groups in total. The number of nitrogens with one attached hydrogen (secondary N) is 2.